The van der Waals surface area contributed by atoms with Crippen LogP contribution in [0.15, 0.2) is 24.4 Å². The fourth-order valence-corrected chi connectivity index (χ4v) is 5.38. The summed E-state index contributed by atoms with van der Waals surface area (Å²) in [7, 11) is 0. The van der Waals surface area contributed by atoms with E-state index in [4.69, 9.17) is 15.0 Å². The number of aromatic amines is 1. The van der Waals surface area contributed by atoms with Crippen molar-refractivity contribution in [1.82, 2.24) is 15.0 Å². The van der Waals surface area contributed by atoms with E-state index in [1.165, 1.54) is 11.8 Å². The lowest BCUT2D eigenvalue weighted by Crippen LogP contribution is -2.26. The number of imidazole rings is 1. The summed E-state index contributed by atoms with van der Waals surface area (Å²) in [6.45, 7) is 8.82. The molecule has 174 valence electrons. The second-order valence-corrected chi connectivity index (χ2v) is 11.2. The van der Waals surface area contributed by atoms with Crippen LogP contribution < -0.4 is 5.32 Å². The average Bonchev–Trinajstić information content (AvgIpc) is 3.18. The zero-order valence-corrected chi connectivity index (χ0v) is 20.5. The third-order valence-electron chi connectivity index (χ3n) is 6.36. The molecule has 0 aromatic carbocycles. The summed E-state index contributed by atoms with van der Waals surface area (Å²) in [5, 5.41) is 12.0. The number of aromatic nitrogens is 3. The van der Waals surface area contributed by atoms with Gasteiger partial charge in [-0.1, -0.05) is 19.9 Å². The van der Waals surface area contributed by atoms with Crippen LogP contribution in [0.4, 0.5) is 5.69 Å². The largest absolute Gasteiger partial charge is 0.365 e. The summed E-state index contributed by atoms with van der Waals surface area (Å²) < 4.78 is 5.98. The molecule has 2 N–H and O–H groups in total. The van der Waals surface area contributed by atoms with E-state index in [-0.39, 0.29) is 34.4 Å². The minimum atomic E-state index is -0.386. The van der Waals surface area contributed by atoms with Crippen LogP contribution in [0.5, 0.6) is 0 Å². The van der Waals surface area contributed by atoms with Crippen molar-refractivity contribution < 1.29 is 9.53 Å². The van der Waals surface area contributed by atoms with Gasteiger partial charge >= 0.3 is 0 Å². The number of nitriles is 1. The first-order valence-corrected chi connectivity index (χ1v) is 12.5. The van der Waals surface area contributed by atoms with Crippen molar-refractivity contribution in [2.24, 2.45) is 5.41 Å². The van der Waals surface area contributed by atoms with Gasteiger partial charge in [0.05, 0.1) is 29.1 Å². The van der Waals surface area contributed by atoms with Crippen molar-refractivity contribution in [3.63, 3.8) is 0 Å². The second kappa shape index (κ2) is 9.32. The number of carbonyl (C=O) groups is 1. The Morgan fingerprint density at radius 3 is 2.85 bits per heavy atom. The molecule has 1 amide bonds. The molecule has 1 aliphatic carbocycles. The minimum Gasteiger partial charge on any atom is -0.365 e. The van der Waals surface area contributed by atoms with E-state index in [0.29, 0.717) is 11.6 Å². The molecule has 1 fully saturated rings. The number of hydrogen-bond acceptors (Lipinski definition) is 6. The van der Waals surface area contributed by atoms with Crippen molar-refractivity contribution in [2.45, 2.75) is 64.9 Å². The molecule has 1 saturated heterocycles. The Hall–Kier alpha value is -2.63. The summed E-state index contributed by atoms with van der Waals surface area (Å²) in [6, 6.07) is 5.93. The fourth-order valence-electron chi connectivity index (χ4n) is 4.31. The van der Waals surface area contributed by atoms with Gasteiger partial charge in [-0.25, -0.2) is 4.98 Å². The number of carbonyl (C=O) groups excluding carboxylic acids is 1. The van der Waals surface area contributed by atoms with E-state index < -0.39 is 0 Å². The summed E-state index contributed by atoms with van der Waals surface area (Å²) in [6.07, 6.45) is 7.48. The molecule has 33 heavy (non-hydrogen) atoms. The van der Waals surface area contributed by atoms with Gasteiger partial charge in [-0.3, -0.25) is 9.78 Å². The van der Waals surface area contributed by atoms with Crippen LogP contribution in [-0.4, -0.2) is 38.2 Å². The maximum atomic E-state index is 12.8. The number of amides is 1. The van der Waals surface area contributed by atoms with Gasteiger partial charge in [-0.05, 0) is 62.7 Å². The number of hydrogen-bond donors (Lipinski definition) is 2. The van der Waals surface area contributed by atoms with Gasteiger partial charge in [0.1, 0.15) is 11.8 Å². The number of nitrogens with one attached hydrogen (secondary N) is 2. The fraction of sp³-hybridized carbons (Fsp3) is 0.520. The standard InChI is InChI=1S/C25H31N5O2S/c1-24(2)9-7-16(8-10-24)21-20(30-23(31)22-27-13-18(12-26)28-22)6-5-19(29-21)17-11-25(3,4)32-15-33-14-17/h5-7,13,17H,8-11,14-15H2,1-4H3,(H,27,28)(H,30,31)/t17-/m1/s1. The lowest BCUT2D eigenvalue weighted by atomic mass is 9.77. The Kier molecular flexibility index (Phi) is 6.64. The molecule has 1 aliphatic heterocycles. The highest BCUT2D eigenvalue weighted by atomic mass is 32.2. The van der Waals surface area contributed by atoms with Gasteiger partial charge < -0.3 is 15.0 Å². The van der Waals surface area contributed by atoms with Gasteiger partial charge in [0.2, 0.25) is 0 Å². The van der Waals surface area contributed by atoms with Crippen molar-refractivity contribution in [2.75, 3.05) is 17.0 Å². The van der Waals surface area contributed by atoms with Gasteiger partial charge in [0, 0.05) is 17.4 Å². The highest BCUT2D eigenvalue weighted by Gasteiger charge is 2.30. The number of pyridine rings is 1. The molecule has 4 rings (SSSR count). The van der Waals surface area contributed by atoms with Crippen LogP contribution in [0.25, 0.3) is 5.57 Å². The summed E-state index contributed by atoms with van der Waals surface area (Å²) in [5.74, 6) is 1.65. The number of nitrogens with zero attached hydrogens (tertiary/aromatic N) is 3. The predicted molar refractivity (Wildman–Crippen MR) is 131 cm³/mol. The van der Waals surface area contributed by atoms with Gasteiger partial charge in [0.15, 0.2) is 5.82 Å². The summed E-state index contributed by atoms with van der Waals surface area (Å²) in [4.78, 5) is 24.7. The third-order valence-corrected chi connectivity index (χ3v) is 7.28. The lowest BCUT2D eigenvalue weighted by Gasteiger charge is -2.29. The molecule has 0 radical (unpaired) electrons. The van der Waals surface area contributed by atoms with Crippen molar-refractivity contribution in [1.29, 1.82) is 5.26 Å². The predicted octanol–water partition coefficient (Wildman–Crippen LogP) is 5.50. The molecular formula is C25H31N5O2S. The van der Waals surface area contributed by atoms with E-state index in [9.17, 15) is 4.79 Å². The SMILES string of the molecule is CC1(C)CC=C(c2nc([C@H]3CSCOC(C)(C)C3)ccc2NC(=O)c2ncc(C#N)[nH]2)CC1. The van der Waals surface area contributed by atoms with Crippen LogP contribution in [0.1, 0.15) is 87.0 Å². The van der Waals surface area contributed by atoms with E-state index in [0.717, 1.165) is 42.8 Å². The third kappa shape index (κ3) is 5.66. The van der Waals surface area contributed by atoms with E-state index in [1.54, 1.807) is 11.8 Å². The Labute approximate surface area is 199 Å². The first-order chi connectivity index (χ1) is 15.7. The molecule has 7 nitrogen and oxygen atoms in total. The van der Waals surface area contributed by atoms with Crippen molar-refractivity contribution in [3.8, 4) is 6.07 Å². The van der Waals surface area contributed by atoms with Crippen molar-refractivity contribution in [3.05, 3.63) is 47.3 Å². The van der Waals surface area contributed by atoms with E-state index in [2.05, 4.69) is 49.1 Å². The zero-order valence-electron chi connectivity index (χ0n) is 19.7. The lowest BCUT2D eigenvalue weighted by molar-refractivity contribution is 0.00476. The molecule has 0 saturated carbocycles. The van der Waals surface area contributed by atoms with E-state index >= 15 is 0 Å². The van der Waals surface area contributed by atoms with Crippen LogP contribution in [-0.2, 0) is 4.74 Å². The molecule has 3 heterocycles. The molecule has 0 bridgehead atoms. The monoisotopic (exact) mass is 465 g/mol. The number of H-pyrrole nitrogens is 1. The first kappa shape index (κ1) is 23.5. The summed E-state index contributed by atoms with van der Waals surface area (Å²) in [5.41, 5.74) is 4.02. The molecule has 0 unspecified atom stereocenters. The van der Waals surface area contributed by atoms with Crippen molar-refractivity contribution >= 4 is 28.9 Å². The average molecular weight is 466 g/mol. The first-order valence-electron chi connectivity index (χ1n) is 11.3. The van der Waals surface area contributed by atoms with Crippen LogP contribution in [0, 0.1) is 16.7 Å². The smallest absolute Gasteiger partial charge is 0.291 e. The number of ether oxygens (including phenoxy) is 1. The molecular weight excluding hydrogens is 434 g/mol. The maximum absolute atomic E-state index is 12.8. The number of anilines is 1. The highest BCUT2D eigenvalue weighted by Crippen LogP contribution is 2.41. The number of rotatable bonds is 4. The highest BCUT2D eigenvalue weighted by molar-refractivity contribution is 7.99. The molecule has 2 aromatic heterocycles. The van der Waals surface area contributed by atoms with Crippen LogP contribution >= 0.6 is 11.8 Å². The number of allylic oxidation sites excluding steroid dienone is 2. The zero-order chi connectivity index (χ0) is 23.6. The van der Waals surface area contributed by atoms with Gasteiger partial charge in [-0.2, -0.15) is 5.26 Å². The molecule has 8 heteroatoms. The molecule has 2 aromatic rings. The quantitative estimate of drug-likeness (QED) is 0.618. The Morgan fingerprint density at radius 2 is 2.15 bits per heavy atom. The molecule has 1 atom stereocenters. The maximum Gasteiger partial charge on any atom is 0.291 e. The Morgan fingerprint density at radius 1 is 1.33 bits per heavy atom. The van der Waals surface area contributed by atoms with Gasteiger partial charge in [0.25, 0.3) is 5.91 Å². The van der Waals surface area contributed by atoms with Crippen LogP contribution in [0.3, 0.4) is 0 Å². The topological polar surface area (TPSA) is 104 Å². The normalized spacial score (nSPS) is 22.0. The summed E-state index contributed by atoms with van der Waals surface area (Å²) >= 11 is 1.79. The second-order valence-electron chi connectivity index (χ2n) is 10.2. The molecule has 0 spiro atoms. The minimum absolute atomic E-state index is 0.111. The molecule has 2 aliphatic rings. The Bertz CT molecular complexity index is 1110. The number of thioether (sulfide) groups is 1. The van der Waals surface area contributed by atoms with Crippen LogP contribution in [0.2, 0.25) is 0 Å². The van der Waals surface area contributed by atoms with E-state index in [1.807, 2.05) is 18.2 Å². The Balaban J connectivity index is 1.67. The van der Waals surface area contributed by atoms with Gasteiger partial charge in [-0.15, -0.1) is 11.8 Å².